The van der Waals surface area contributed by atoms with Gasteiger partial charge in [-0.05, 0) is 73.3 Å². The highest BCUT2D eigenvalue weighted by Gasteiger charge is 2.36. The summed E-state index contributed by atoms with van der Waals surface area (Å²) in [4.78, 5) is 6.17. The largest absolute Gasteiger partial charge is 0.481 e. The van der Waals surface area contributed by atoms with Gasteiger partial charge in [-0.1, -0.05) is 45.0 Å². The number of nitrogens with zero attached hydrogens (tertiary/aromatic N) is 1. The SMILES string of the molecule is COc1nc(C(=CCCO[Si](C)(C)C(C)(C)C)c2ccc(SC)cc2)ccc1C1CC1. The number of thioether (sulfide) groups is 1. The molecule has 3 rings (SSSR count). The Kier molecular flexibility index (Phi) is 7.71. The average Bonchev–Trinajstić information content (AvgIpc) is 3.58. The molecule has 0 aliphatic heterocycles. The first-order valence-corrected chi connectivity index (χ1v) is 15.3. The van der Waals surface area contributed by atoms with Gasteiger partial charge in [-0.2, -0.15) is 0 Å². The van der Waals surface area contributed by atoms with E-state index in [0.29, 0.717) is 5.92 Å². The fourth-order valence-electron chi connectivity index (χ4n) is 3.34. The Labute approximate surface area is 193 Å². The highest BCUT2D eigenvalue weighted by Crippen LogP contribution is 2.44. The van der Waals surface area contributed by atoms with Crippen LogP contribution in [0.1, 0.15) is 62.8 Å². The van der Waals surface area contributed by atoms with Crippen LogP contribution in [0, 0.1) is 0 Å². The number of aromatic nitrogens is 1. The lowest BCUT2D eigenvalue weighted by atomic mass is 10.00. The van der Waals surface area contributed by atoms with Crippen LogP contribution in [0.2, 0.25) is 18.1 Å². The lowest BCUT2D eigenvalue weighted by Crippen LogP contribution is -2.40. The number of methoxy groups -OCH3 is 1. The molecule has 1 fully saturated rings. The van der Waals surface area contributed by atoms with E-state index in [4.69, 9.17) is 14.1 Å². The molecule has 1 saturated carbocycles. The molecule has 0 atom stereocenters. The Balaban J connectivity index is 1.87. The molecule has 0 N–H and O–H groups in total. The van der Waals surface area contributed by atoms with Crippen LogP contribution in [0.15, 0.2) is 47.4 Å². The van der Waals surface area contributed by atoms with Crippen LogP contribution in [0.25, 0.3) is 5.57 Å². The number of pyridine rings is 1. The number of hydrogen-bond donors (Lipinski definition) is 0. The van der Waals surface area contributed by atoms with E-state index in [2.05, 4.69) is 82.6 Å². The number of benzene rings is 1. The topological polar surface area (TPSA) is 31.4 Å². The van der Waals surface area contributed by atoms with Crippen molar-refractivity contribution in [2.24, 2.45) is 0 Å². The Morgan fingerprint density at radius 1 is 1.13 bits per heavy atom. The molecule has 0 spiro atoms. The first-order chi connectivity index (χ1) is 14.7. The quantitative estimate of drug-likeness (QED) is 0.222. The van der Waals surface area contributed by atoms with E-state index in [1.54, 1.807) is 18.9 Å². The van der Waals surface area contributed by atoms with Gasteiger partial charge in [0.05, 0.1) is 12.8 Å². The molecule has 31 heavy (non-hydrogen) atoms. The first kappa shape index (κ1) is 24.1. The predicted molar refractivity (Wildman–Crippen MR) is 136 cm³/mol. The zero-order valence-electron chi connectivity index (χ0n) is 20.1. The molecule has 0 saturated heterocycles. The molecule has 2 aromatic rings. The van der Waals surface area contributed by atoms with Crippen LogP contribution in [0.3, 0.4) is 0 Å². The highest BCUT2D eigenvalue weighted by molar-refractivity contribution is 7.98. The maximum atomic E-state index is 6.40. The van der Waals surface area contributed by atoms with Crippen LogP contribution in [0.5, 0.6) is 5.88 Å². The summed E-state index contributed by atoms with van der Waals surface area (Å²) in [6, 6.07) is 13.1. The summed E-state index contributed by atoms with van der Waals surface area (Å²) in [5, 5.41) is 0.223. The summed E-state index contributed by atoms with van der Waals surface area (Å²) in [5.74, 6) is 1.38. The summed E-state index contributed by atoms with van der Waals surface area (Å²) in [6.45, 7) is 12.2. The van der Waals surface area contributed by atoms with Crippen molar-refractivity contribution in [2.75, 3.05) is 20.0 Å². The fourth-order valence-corrected chi connectivity index (χ4v) is 4.81. The summed E-state index contributed by atoms with van der Waals surface area (Å²) in [5.41, 5.74) is 4.53. The minimum atomic E-state index is -1.74. The molecule has 0 amide bonds. The van der Waals surface area contributed by atoms with Crippen molar-refractivity contribution in [3.63, 3.8) is 0 Å². The second kappa shape index (κ2) is 9.93. The van der Waals surface area contributed by atoms with E-state index >= 15 is 0 Å². The van der Waals surface area contributed by atoms with Gasteiger partial charge >= 0.3 is 0 Å². The molecule has 0 bridgehead atoms. The van der Waals surface area contributed by atoms with Crippen molar-refractivity contribution in [3.8, 4) is 5.88 Å². The maximum absolute atomic E-state index is 6.40. The van der Waals surface area contributed by atoms with Crippen molar-refractivity contribution in [1.29, 1.82) is 0 Å². The third-order valence-corrected chi connectivity index (χ3v) is 11.8. The maximum Gasteiger partial charge on any atom is 0.217 e. The smallest absolute Gasteiger partial charge is 0.217 e. The van der Waals surface area contributed by atoms with E-state index < -0.39 is 8.32 Å². The molecule has 168 valence electrons. The molecule has 1 aromatic carbocycles. The second-order valence-electron chi connectivity index (χ2n) is 9.81. The van der Waals surface area contributed by atoms with Crippen LogP contribution < -0.4 is 4.74 Å². The Bertz CT molecular complexity index is 912. The molecule has 1 heterocycles. The minimum Gasteiger partial charge on any atom is -0.481 e. The van der Waals surface area contributed by atoms with Gasteiger partial charge in [-0.3, -0.25) is 0 Å². The van der Waals surface area contributed by atoms with E-state index in [9.17, 15) is 0 Å². The number of ether oxygens (including phenoxy) is 1. The van der Waals surface area contributed by atoms with E-state index in [1.165, 1.54) is 28.9 Å². The molecule has 0 radical (unpaired) electrons. The van der Waals surface area contributed by atoms with E-state index in [0.717, 1.165) is 30.2 Å². The summed E-state index contributed by atoms with van der Waals surface area (Å²) >= 11 is 1.76. The lowest BCUT2D eigenvalue weighted by Gasteiger charge is -2.36. The van der Waals surface area contributed by atoms with Gasteiger partial charge in [0.1, 0.15) is 0 Å². The second-order valence-corrected chi connectivity index (χ2v) is 15.5. The normalized spacial score (nSPS) is 15.3. The van der Waals surface area contributed by atoms with Gasteiger partial charge in [0, 0.05) is 22.6 Å². The molecular weight excluding hydrogens is 418 g/mol. The van der Waals surface area contributed by atoms with E-state index in [1.807, 2.05) is 0 Å². The van der Waals surface area contributed by atoms with Gasteiger partial charge in [0.25, 0.3) is 0 Å². The van der Waals surface area contributed by atoms with Crippen molar-refractivity contribution in [1.82, 2.24) is 4.98 Å². The van der Waals surface area contributed by atoms with Crippen LogP contribution in [-0.4, -0.2) is 33.3 Å². The molecule has 1 aliphatic carbocycles. The first-order valence-electron chi connectivity index (χ1n) is 11.2. The average molecular weight is 456 g/mol. The van der Waals surface area contributed by atoms with Crippen LogP contribution in [0.4, 0.5) is 0 Å². The molecule has 1 aromatic heterocycles. The third kappa shape index (κ3) is 6.02. The van der Waals surface area contributed by atoms with Gasteiger partial charge in [-0.25, -0.2) is 4.98 Å². The van der Waals surface area contributed by atoms with Crippen LogP contribution in [-0.2, 0) is 4.43 Å². The monoisotopic (exact) mass is 455 g/mol. The van der Waals surface area contributed by atoms with Gasteiger partial charge in [0.15, 0.2) is 8.32 Å². The summed E-state index contributed by atoms with van der Waals surface area (Å²) in [6.07, 6.45) is 7.72. The summed E-state index contributed by atoms with van der Waals surface area (Å²) in [7, 11) is -0.0195. The standard InChI is InChI=1S/C26H37NO2SSi/c1-26(2,3)31(6,7)29-18-8-9-22(19-12-14-21(30-5)15-13-19)24-17-16-23(20-10-11-20)25(27-24)28-4/h9,12-17,20H,8,10-11,18H2,1-7H3. The van der Waals surface area contributed by atoms with Gasteiger partial charge < -0.3 is 9.16 Å². The number of rotatable bonds is 9. The van der Waals surface area contributed by atoms with Crippen molar-refractivity contribution >= 4 is 25.7 Å². The summed E-state index contributed by atoms with van der Waals surface area (Å²) < 4.78 is 12.1. The van der Waals surface area contributed by atoms with Crippen LogP contribution >= 0.6 is 11.8 Å². The zero-order valence-corrected chi connectivity index (χ0v) is 21.9. The highest BCUT2D eigenvalue weighted by atomic mass is 32.2. The molecule has 3 nitrogen and oxygen atoms in total. The third-order valence-electron chi connectivity index (χ3n) is 6.51. The Hall–Kier alpha value is -1.56. The predicted octanol–water partition coefficient (Wildman–Crippen LogP) is 7.53. The van der Waals surface area contributed by atoms with E-state index in [-0.39, 0.29) is 5.04 Å². The molecule has 1 aliphatic rings. The van der Waals surface area contributed by atoms with Gasteiger partial charge in [0.2, 0.25) is 5.88 Å². The van der Waals surface area contributed by atoms with Crippen molar-refractivity contribution in [2.45, 2.75) is 69.0 Å². The molecule has 0 unspecified atom stereocenters. The zero-order chi connectivity index (χ0) is 22.6. The van der Waals surface area contributed by atoms with Crippen molar-refractivity contribution in [3.05, 3.63) is 59.3 Å². The molecular formula is C26H37NO2SSi. The molecule has 5 heteroatoms. The minimum absolute atomic E-state index is 0.223. The van der Waals surface area contributed by atoms with Crippen molar-refractivity contribution < 1.29 is 9.16 Å². The Morgan fingerprint density at radius 2 is 1.81 bits per heavy atom. The number of hydrogen-bond acceptors (Lipinski definition) is 4. The lowest BCUT2D eigenvalue weighted by molar-refractivity contribution is 0.294. The van der Waals surface area contributed by atoms with Gasteiger partial charge in [-0.15, -0.1) is 11.8 Å². The Morgan fingerprint density at radius 3 is 2.35 bits per heavy atom. The fraction of sp³-hybridized carbons (Fsp3) is 0.500.